The van der Waals surface area contributed by atoms with Gasteiger partial charge in [-0.1, -0.05) is 0 Å². The van der Waals surface area contributed by atoms with Crippen LogP contribution in [0.1, 0.15) is 5.56 Å². The average molecular weight is 203 g/mol. The van der Waals surface area contributed by atoms with E-state index in [1.54, 1.807) is 18.9 Å². The van der Waals surface area contributed by atoms with Gasteiger partial charge in [-0.2, -0.15) is 0 Å². The Hall–Kier alpha value is -0.340. The van der Waals surface area contributed by atoms with E-state index in [1.165, 1.54) is 4.90 Å². The second kappa shape index (κ2) is 4.63. The maximum absolute atomic E-state index is 5.77. The molecule has 3 heteroatoms. The predicted molar refractivity (Wildman–Crippen MR) is 54.3 cm³/mol. The molecule has 0 aromatic heterocycles. The summed E-state index contributed by atoms with van der Waals surface area (Å²) in [5, 5.41) is 0. The van der Waals surface area contributed by atoms with Gasteiger partial charge >= 0.3 is 0 Å². The van der Waals surface area contributed by atoms with Crippen molar-refractivity contribution in [2.75, 3.05) is 13.4 Å². The van der Waals surface area contributed by atoms with E-state index in [0.717, 1.165) is 11.3 Å². The Morgan fingerprint density at radius 3 is 2.75 bits per heavy atom. The first-order valence-electron chi connectivity index (χ1n) is 3.58. The lowest BCUT2D eigenvalue weighted by Gasteiger charge is -2.06. The minimum Gasteiger partial charge on any atom is -0.497 e. The second-order valence-corrected chi connectivity index (χ2v) is 3.43. The summed E-state index contributed by atoms with van der Waals surface area (Å²) in [6.07, 6.45) is 2.04. The van der Waals surface area contributed by atoms with E-state index in [-0.39, 0.29) is 0 Å². The largest absolute Gasteiger partial charge is 0.497 e. The van der Waals surface area contributed by atoms with Crippen LogP contribution in [-0.4, -0.2) is 13.4 Å². The van der Waals surface area contributed by atoms with Crippen LogP contribution in [0.4, 0.5) is 0 Å². The molecule has 1 nitrogen and oxygen atoms in total. The normalized spacial score (nSPS) is 9.92. The van der Waals surface area contributed by atoms with Gasteiger partial charge in [0.05, 0.1) is 7.11 Å². The summed E-state index contributed by atoms with van der Waals surface area (Å²) < 4.78 is 5.09. The fourth-order valence-electron chi connectivity index (χ4n) is 0.986. The average Bonchev–Trinajstić information content (AvgIpc) is 2.16. The van der Waals surface area contributed by atoms with Gasteiger partial charge < -0.3 is 4.74 Å². The Labute approximate surface area is 82.1 Å². The lowest BCUT2D eigenvalue weighted by atomic mass is 10.2. The zero-order valence-corrected chi connectivity index (χ0v) is 8.71. The number of ether oxygens (including phenoxy) is 1. The predicted octanol–water partition coefficient (Wildman–Crippen LogP) is 3.16. The fourth-order valence-corrected chi connectivity index (χ4v) is 1.88. The van der Waals surface area contributed by atoms with E-state index < -0.39 is 0 Å². The van der Waals surface area contributed by atoms with Crippen LogP contribution in [0.3, 0.4) is 0 Å². The molecule has 0 atom stereocenters. The molecular weight excluding hydrogens is 192 g/mol. The van der Waals surface area contributed by atoms with Crippen LogP contribution in [0.25, 0.3) is 0 Å². The Balaban J connectivity index is 3.02. The molecule has 0 bridgehead atoms. The SMILES string of the molecule is COc1ccc(SC)c(CCl)c1. The molecule has 0 aliphatic rings. The number of rotatable bonds is 3. The molecule has 0 spiro atoms. The third kappa shape index (κ3) is 2.08. The smallest absolute Gasteiger partial charge is 0.119 e. The summed E-state index contributed by atoms with van der Waals surface area (Å²) in [5.74, 6) is 1.40. The van der Waals surface area contributed by atoms with Crippen molar-refractivity contribution in [2.45, 2.75) is 10.8 Å². The van der Waals surface area contributed by atoms with Crippen molar-refractivity contribution >= 4 is 23.4 Å². The number of alkyl halides is 1. The Kier molecular flexibility index (Phi) is 3.76. The van der Waals surface area contributed by atoms with Crippen LogP contribution in [0.2, 0.25) is 0 Å². The van der Waals surface area contributed by atoms with Crippen LogP contribution in [0, 0.1) is 0 Å². The highest BCUT2D eigenvalue weighted by Gasteiger charge is 2.01. The van der Waals surface area contributed by atoms with Crippen LogP contribution >= 0.6 is 23.4 Å². The maximum Gasteiger partial charge on any atom is 0.119 e. The molecule has 66 valence electrons. The Morgan fingerprint density at radius 1 is 1.50 bits per heavy atom. The van der Waals surface area contributed by atoms with E-state index in [4.69, 9.17) is 16.3 Å². The zero-order chi connectivity index (χ0) is 8.97. The molecular formula is C9H11ClOS. The molecule has 0 aliphatic carbocycles. The first-order chi connectivity index (χ1) is 5.81. The molecule has 0 saturated carbocycles. The molecule has 0 unspecified atom stereocenters. The summed E-state index contributed by atoms with van der Waals surface area (Å²) in [7, 11) is 1.66. The minimum absolute atomic E-state index is 0.535. The van der Waals surface area contributed by atoms with Gasteiger partial charge in [-0.15, -0.1) is 23.4 Å². The third-order valence-electron chi connectivity index (χ3n) is 1.63. The Bertz CT molecular complexity index is 263. The van der Waals surface area contributed by atoms with Crippen molar-refractivity contribution in [3.05, 3.63) is 23.8 Å². The number of halogens is 1. The highest BCUT2D eigenvalue weighted by molar-refractivity contribution is 7.98. The summed E-state index contributed by atoms with van der Waals surface area (Å²) in [6.45, 7) is 0. The van der Waals surface area contributed by atoms with Gasteiger partial charge in [0.2, 0.25) is 0 Å². The lowest BCUT2D eigenvalue weighted by molar-refractivity contribution is 0.414. The van der Waals surface area contributed by atoms with Gasteiger partial charge in [0.1, 0.15) is 5.75 Å². The van der Waals surface area contributed by atoms with Gasteiger partial charge in [0.15, 0.2) is 0 Å². The third-order valence-corrected chi connectivity index (χ3v) is 2.76. The number of benzene rings is 1. The van der Waals surface area contributed by atoms with E-state index in [2.05, 4.69) is 0 Å². The molecule has 0 heterocycles. The summed E-state index contributed by atoms with van der Waals surface area (Å²) >= 11 is 7.47. The molecule has 0 amide bonds. The number of hydrogen-bond donors (Lipinski definition) is 0. The van der Waals surface area contributed by atoms with E-state index in [1.807, 2.05) is 24.5 Å². The summed E-state index contributed by atoms with van der Waals surface area (Å²) in [5.41, 5.74) is 1.13. The van der Waals surface area contributed by atoms with Crippen LogP contribution in [-0.2, 0) is 5.88 Å². The summed E-state index contributed by atoms with van der Waals surface area (Å²) in [4.78, 5) is 1.21. The van der Waals surface area contributed by atoms with E-state index in [0.29, 0.717) is 5.88 Å². The molecule has 0 radical (unpaired) electrons. The van der Waals surface area contributed by atoms with Crippen LogP contribution < -0.4 is 4.74 Å². The highest BCUT2D eigenvalue weighted by atomic mass is 35.5. The van der Waals surface area contributed by atoms with Crippen molar-refractivity contribution in [1.82, 2.24) is 0 Å². The van der Waals surface area contributed by atoms with Gasteiger partial charge in [-0.05, 0) is 30.0 Å². The first-order valence-corrected chi connectivity index (χ1v) is 5.34. The van der Waals surface area contributed by atoms with Gasteiger partial charge in [0.25, 0.3) is 0 Å². The zero-order valence-electron chi connectivity index (χ0n) is 7.13. The molecule has 1 rings (SSSR count). The monoisotopic (exact) mass is 202 g/mol. The number of hydrogen-bond acceptors (Lipinski definition) is 2. The molecule has 0 fully saturated rings. The van der Waals surface area contributed by atoms with Crippen molar-refractivity contribution < 1.29 is 4.74 Å². The molecule has 0 aliphatic heterocycles. The molecule has 12 heavy (non-hydrogen) atoms. The molecule has 1 aromatic rings. The Morgan fingerprint density at radius 2 is 2.25 bits per heavy atom. The summed E-state index contributed by atoms with van der Waals surface area (Å²) in [6, 6.07) is 5.95. The van der Waals surface area contributed by atoms with Crippen LogP contribution in [0.5, 0.6) is 5.75 Å². The highest BCUT2D eigenvalue weighted by Crippen LogP contribution is 2.25. The maximum atomic E-state index is 5.77. The molecule has 0 saturated heterocycles. The quantitative estimate of drug-likeness (QED) is 0.550. The van der Waals surface area contributed by atoms with Gasteiger partial charge in [-0.25, -0.2) is 0 Å². The minimum atomic E-state index is 0.535. The standard InChI is InChI=1S/C9H11ClOS/c1-11-8-3-4-9(12-2)7(5-8)6-10/h3-5H,6H2,1-2H3. The molecule has 1 aromatic carbocycles. The van der Waals surface area contributed by atoms with Crippen LogP contribution in [0.15, 0.2) is 23.1 Å². The van der Waals surface area contributed by atoms with E-state index >= 15 is 0 Å². The molecule has 0 N–H and O–H groups in total. The second-order valence-electron chi connectivity index (χ2n) is 2.31. The van der Waals surface area contributed by atoms with Crippen molar-refractivity contribution in [3.8, 4) is 5.75 Å². The first kappa shape index (κ1) is 9.75. The van der Waals surface area contributed by atoms with Crippen molar-refractivity contribution in [2.24, 2.45) is 0 Å². The lowest BCUT2D eigenvalue weighted by Crippen LogP contribution is -1.87. The number of methoxy groups -OCH3 is 1. The fraction of sp³-hybridized carbons (Fsp3) is 0.333. The van der Waals surface area contributed by atoms with E-state index in [9.17, 15) is 0 Å². The van der Waals surface area contributed by atoms with Crippen molar-refractivity contribution in [1.29, 1.82) is 0 Å². The topological polar surface area (TPSA) is 9.23 Å². The van der Waals surface area contributed by atoms with Gasteiger partial charge in [0, 0.05) is 10.8 Å². The number of thioether (sulfide) groups is 1. The van der Waals surface area contributed by atoms with Gasteiger partial charge in [-0.3, -0.25) is 0 Å². The van der Waals surface area contributed by atoms with Crippen molar-refractivity contribution in [3.63, 3.8) is 0 Å².